The van der Waals surface area contributed by atoms with E-state index in [0.717, 1.165) is 28.1 Å². The lowest BCUT2D eigenvalue weighted by Gasteiger charge is -2.03. The van der Waals surface area contributed by atoms with Crippen LogP contribution in [0.25, 0.3) is 16.9 Å². The van der Waals surface area contributed by atoms with Gasteiger partial charge in [-0.2, -0.15) is 10.2 Å². The van der Waals surface area contributed by atoms with Crippen molar-refractivity contribution in [2.45, 2.75) is 6.92 Å². The molecule has 0 unspecified atom stereocenters. The summed E-state index contributed by atoms with van der Waals surface area (Å²) in [5, 5.41) is 8.85. The van der Waals surface area contributed by atoms with Crippen molar-refractivity contribution in [3.63, 3.8) is 0 Å². The van der Waals surface area contributed by atoms with Gasteiger partial charge in [0.2, 0.25) is 0 Å². The highest BCUT2D eigenvalue weighted by Crippen LogP contribution is 2.21. The number of nitrogens with one attached hydrogen (secondary N) is 1. The predicted octanol–water partition coefficient (Wildman–Crippen LogP) is 4.01. The first-order valence-electron chi connectivity index (χ1n) is 9.17. The van der Waals surface area contributed by atoms with Gasteiger partial charge in [0.1, 0.15) is 5.69 Å². The van der Waals surface area contributed by atoms with E-state index in [1.807, 2.05) is 73.8 Å². The molecule has 6 heteroatoms. The topological polar surface area (TPSA) is 72.2 Å². The first kappa shape index (κ1) is 18.3. The summed E-state index contributed by atoms with van der Waals surface area (Å²) in [5.41, 5.74) is 7.39. The molecule has 0 aliphatic rings. The summed E-state index contributed by atoms with van der Waals surface area (Å²) in [7, 11) is 0. The minimum Gasteiger partial charge on any atom is -0.267 e. The summed E-state index contributed by atoms with van der Waals surface area (Å²) in [5.74, 6) is -0.252. The van der Waals surface area contributed by atoms with E-state index in [0.29, 0.717) is 5.56 Å². The molecule has 0 saturated heterocycles. The van der Waals surface area contributed by atoms with Gasteiger partial charge in [-0.3, -0.25) is 9.78 Å². The molecule has 142 valence electrons. The van der Waals surface area contributed by atoms with Crippen LogP contribution in [0.5, 0.6) is 0 Å². The van der Waals surface area contributed by atoms with Crippen LogP contribution in [0.3, 0.4) is 0 Å². The highest BCUT2D eigenvalue weighted by atomic mass is 16.2. The Hall–Kier alpha value is -4.06. The molecule has 0 fully saturated rings. The van der Waals surface area contributed by atoms with E-state index in [-0.39, 0.29) is 5.91 Å². The quantitative estimate of drug-likeness (QED) is 0.419. The van der Waals surface area contributed by atoms with Crippen LogP contribution in [0.15, 0.2) is 90.4 Å². The Morgan fingerprint density at radius 2 is 1.83 bits per heavy atom. The SMILES string of the molecule is Cc1ccccc1C(=O)N/N=C\c1cn(-c2ccccc2)nc1-c1cccnc1. The second-order valence-electron chi connectivity index (χ2n) is 6.47. The Bertz CT molecular complexity index is 1150. The van der Waals surface area contributed by atoms with Gasteiger partial charge in [-0.05, 0) is 42.8 Å². The minimum absolute atomic E-state index is 0.252. The van der Waals surface area contributed by atoms with Crippen LogP contribution in [0, 0.1) is 6.92 Å². The van der Waals surface area contributed by atoms with Gasteiger partial charge >= 0.3 is 0 Å². The fourth-order valence-electron chi connectivity index (χ4n) is 2.97. The molecule has 1 amide bonds. The van der Waals surface area contributed by atoms with Crippen molar-refractivity contribution in [1.82, 2.24) is 20.2 Å². The summed E-state index contributed by atoms with van der Waals surface area (Å²) in [6.07, 6.45) is 6.95. The zero-order chi connectivity index (χ0) is 20.1. The van der Waals surface area contributed by atoms with Gasteiger partial charge in [0.15, 0.2) is 0 Å². The molecule has 0 aliphatic heterocycles. The van der Waals surface area contributed by atoms with Crippen LogP contribution in [0.2, 0.25) is 0 Å². The van der Waals surface area contributed by atoms with E-state index in [4.69, 9.17) is 5.10 Å². The van der Waals surface area contributed by atoms with Gasteiger partial charge < -0.3 is 0 Å². The third-order valence-corrected chi connectivity index (χ3v) is 4.46. The Balaban J connectivity index is 1.63. The van der Waals surface area contributed by atoms with Crippen LogP contribution in [-0.2, 0) is 0 Å². The predicted molar refractivity (Wildman–Crippen MR) is 113 cm³/mol. The molecule has 0 saturated carbocycles. The van der Waals surface area contributed by atoms with Crippen molar-refractivity contribution < 1.29 is 4.79 Å². The molecule has 0 spiro atoms. The molecule has 6 nitrogen and oxygen atoms in total. The number of aryl methyl sites for hydroxylation is 1. The number of pyridine rings is 1. The third-order valence-electron chi connectivity index (χ3n) is 4.46. The van der Waals surface area contributed by atoms with Crippen LogP contribution >= 0.6 is 0 Å². The summed E-state index contributed by atoms with van der Waals surface area (Å²) >= 11 is 0. The first-order valence-corrected chi connectivity index (χ1v) is 9.17. The number of para-hydroxylation sites is 1. The first-order chi connectivity index (χ1) is 14.2. The molecule has 1 N–H and O–H groups in total. The van der Waals surface area contributed by atoms with Gasteiger partial charge in [0.05, 0.1) is 11.9 Å². The van der Waals surface area contributed by atoms with E-state index < -0.39 is 0 Å². The monoisotopic (exact) mass is 381 g/mol. The van der Waals surface area contributed by atoms with Crippen LogP contribution in [0.4, 0.5) is 0 Å². The zero-order valence-electron chi connectivity index (χ0n) is 15.9. The standard InChI is InChI=1S/C23H19N5O/c1-17-8-5-6-12-21(17)23(29)26-25-15-19-16-28(20-10-3-2-4-11-20)27-22(19)18-9-7-13-24-14-18/h2-16H,1H3,(H,26,29)/b25-15-. The summed E-state index contributed by atoms with van der Waals surface area (Å²) in [6, 6.07) is 21.0. The van der Waals surface area contributed by atoms with Crippen molar-refractivity contribution in [2.24, 2.45) is 5.10 Å². The van der Waals surface area contributed by atoms with Crippen LogP contribution in [0.1, 0.15) is 21.5 Å². The Morgan fingerprint density at radius 3 is 2.59 bits per heavy atom. The maximum Gasteiger partial charge on any atom is 0.271 e. The van der Waals surface area contributed by atoms with Gasteiger partial charge in [0.25, 0.3) is 5.91 Å². The molecule has 4 aromatic rings. The van der Waals surface area contributed by atoms with Crippen LogP contribution < -0.4 is 5.43 Å². The van der Waals surface area contributed by atoms with Gasteiger partial charge in [-0.25, -0.2) is 10.1 Å². The molecule has 0 aliphatic carbocycles. The number of aromatic nitrogens is 3. The maximum atomic E-state index is 12.4. The fraction of sp³-hybridized carbons (Fsp3) is 0.0435. The molecule has 2 heterocycles. The van der Waals surface area contributed by atoms with Crippen LogP contribution in [-0.4, -0.2) is 26.9 Å². The van der Waals surface area contributed by atoms with Gasteiger partial charge in [-0.15, -0.1) is 0 Å². The minimum atomic E-state index is -0.252. The number of hydrazone groups is 1. The lowest BCUT2D eigenvalue weighted by molar-refractivity contribution is 0.0954. The number of amides is 1. The number of carbonyl (C=O) groups excluding carboxylic acids is 1. The largest absolute Gasteiger partial charge is 0.271 e. The highest BCUT2D eigenvalue weighted by molar-refractivity contribution is 5.96. The van der Waals surface area contributed by atoms with E-state index in [2.05, 4.69) is 15.5 Å². The van der Waals surface area contributed by atoms with Crippen molar-refractivity contribution in [3.05, 3.63) is 102 Å². The van der Waals surface area contributed by atoms with Gasteiger partial charge in [-0.1, -0.05) is 36.4 Å². The second-order valence-corrected chi connectivity index (χ2v) is 6.47. The third kappa shape index (κ3) is 4.11. The number of nitrogens with zero attached hydrogens (tertiary/aromatic N) is 4. The van der Waals surface area contributed by atoms with E-state index in [1.165, 1.54) is 0 Å². The molecular weight excluding hydrogens is 362 g/mol. The molecule has 0 atom stereocenters. The van der Waals surface area contributed by atoms with Crippen molar-refractivity contribution in [3.8, 4) is 16.9 Å². The molecular formula is C23H19N5O. The number of benzene rings is 2. The van der Waals surface area contributed by atoms with E-state index >= 15 is 0 Å². The van der Waals surface area contributed by atoms with E-state index in [9.17, 15) is 4.79 Å². The highest BCUT2D eigenvalue weighted by Gasteiger charge is 2.12. The molecule has 2 aromatic heterocycles. The van der Waals surface area contributed by atoms with Gasteiger partial charge in [0, 0.05) is 35.3 Å². The number of rotatable bonds is 5. The molecule has 4 rings (SSSR count). The lowest BCUT2D eigenvalue weighted by atomic mass is 10.1. The van der Waals surface area contributed by atoms with Crippen molar-refractivity contribution >= 4 is 12.1 Å². The molecule has 0 radical (unpaired) electrons. The Labute approximate surface area is 168 Å². The lowest BCUT2D eigenvalue weighted by Crippen LogP contribution is -2.18. The average molecular weight is 381 g/mol. The summed E-state index contributed by atoms with van der Waals surface area (Å²) < 4.78 is 1.78. The maximum absolute atomic E-state index is 12.4. The number of hydrogen-bond donors (Lipinski definition) is 1. The normalized spacial score (nSPS) is 10.9. The second kappa shape index (κ2) is 8.31. The fourth-order valence-corrected chi connectivity index (χ4v) is 2.97. The van der Waals surface area contributed by atoms with E-state index in [1.54, 1.807) is 29.4 Å². The van der Waals surface area contributed by atoms with Crippen molar-refractivity contribution in [1.29, 1.82) is 0 Å². The average Bonchev–Trinajstić information content (AvgIpc) is 3.19. The molecule has 29 heavy (non-hydrogen) atoms. The summed E-state index contributed by atoms with van der Waals surface area (Å²) in [6.45, 7) is 1.89. The van der Waals surface area contributed by atoms with Crippen molar-refractivity contribution in [2.75, 3.05) is 0 Å². The number of hydrogen-bond acceptors (Lipinski definition) is 4. The molecule has 2 aromatic carbocycles. The molecule has 0 bridgehead atoms. The summed E-state index contributed by atoms with van der Waals surface area (Å²) in [4.78, 5) is 16.6. The Morgan fingerprint density at radius 1 is 1.03 bits per heavy atom. The number of carbonyl (C=O) groups is 1. The zero-order valence-corrected chi connectivity index (χ0v) is 15.9. The smallest absolute Gasteiger partial charge is 0.267 e. The Kier molecular flexibility index (Phi) is 5.25.